The Morgan fingerprint density at radius 2 is 2.11 bits per heavy atom. The van der Waals surface area contributed by atoms with Gasteiger partial charge in [0.05, 0.1) is 0 Å². The summed E-state index contributed by atoms with van der Waals surface area (Å²) in [5.41, 5.74) is 2.22. The van der Waals surface area contributed by atoms with Crippen LogP contribution in [0.1, 0.15) is 30.1 Å². The van der Waals surface area contributed by atoms with Gasteiger partial charge in [0.2, 0.25) is 0 Å². The standard InChI is InChI=1S/C14H17N3O/c1-10-4-6-11(7-5-10)14-16-13(17-18-14)12-3-2-8-15-9-12/h4-7,12,15H,2-3,8-9H2,1H3. The summed E-state index contributed by atoms with van der Waals surface area (Å²) in [5.74, 6) is 1.84. The lowest BCUT2D eigenvalue weighted by Crippen LogP contribution is -2.28. The third-order valence-corrected chi connectivity index (χ3v) is 3.40. The number of benzene rings is 1. The smallest absolute Gasteiger partial charge is 0.257 e. The maximum Gasteiger partial charge on any atom is 0.257 e. The molecular weight excluding hydrogens is 226 g/mol. The molecule has 0 aliphatic carbocycles. The molecule has 3 rings (SSSR count). The van der Waals surface area contributed by atoms with Crippen LogP contribution in [0.2, 0.25) is 0 Å². The van der Waals surface area contributed by atoms with Crippen molar-refractivity contribution in [2.45, 2.75) is 25.7 Å². The Balaban J connectivity index is 1.82. The maximum absolute atomic E-state index is 5.35. The molecule has 4 heteroatoms. The molecule has 1 saturated heterocycles. The number of rotatable bonds is 2. The summed E-state index contributed by atoms with van der Waals surface area (Å²) < 4.78 is 5.35. The van der Waals surface area contributed by atoms with Gasteiger partial charge in [0, 0.05) is 18.0 Å². The van der Waals surface area contributed by atoms with Crippen molar-refractivity contribution in [3.63, 3.8) is 0 Å². The zero-order valence-electron chi connectivity index (χ0n) is 10.5. The van der Waals surface area contributed by atoms with Gasteiger partial charge in [-0.1, -0.05) is 22.9 Å². The minimum atomic E-state index is 0.390. The summed E-state index contributed by atoms with van der Waals surface area (Å²) in [4.78, 5) is 4.52. The van der Waals surface area contributed by atoms with Gasteiger partial charge in [-0.05, 0) is 38.4 Å². The average Bonchev–Trinajstić information content (AvgIpc) is 2.90. The number of aromatic nitrogens is 2. The van der Waals surface area contributed by atoms with E-state index in [0.29, 0.717) is 11.8 Å². The van der Waals surface area contributed by atoms with Crippen LogP contribution in [0.25, 0.3) is 11.5 Å². The first-order valence-corrected chi connectivity index (χ1v) is 6.44. The van der Waals surface area contributed by atoms with Crippen molar-refractivity contribution in [1.29, 1.82) is 0 Å². The molecule has 1 fully saturated rings. The quantitative estimate of drug-likeness (QED) is 0.880. The van der Waals surface area contributed by atoms with Gasteiger partial charge < -0.3 is 9.84 Å². The molecule has 1 aliphatic rings. The molecule has 2 heterocycles. The lowest BCUT2D eigenvalue weighted by atomic mass is 9.99. The van der Waals surface area contributed by atoms with E-state index in [-0.39, 0.29) is 0 Å². The van der Waals surface area contributed by atoms with Crippen LogP contribution in [-0.4, -0.2) is 23.2 Å². The van der Waals surface area contributed by atoms with Gasteiger partial charge in [0.15, 0.2) is 5.82 Å². The molecular formula is C14H17N3O. The third kappa shape index (κ3) is 2.29. The molecule has 1 aromatic heterocycles. The number of aryl methyl sites for hydroxylation is 1. The molecule has 94 valence electrons. The van der Waals surface area contributed by atoms with Gasteiger partial charge in [0.1, 0.15) is 0 Å². The molecule has 0 spiro atoms. The zero-order valence-corrected chi connectivity index (χ0v) is 10.5. The van der Waals surface area contributed by atoms with Gasteiger partial charge in [-0.3, -0.25) is 0 Å². The van der Waals surface area contributed by atoms with Crippen molar-refractivity contribution in [2.75, 3.05) is 13.1 Å². The summed E-state index contributed by atoms with van der Waals surface area (Å²) in [6.07, 6.45) is 2.32. The maximum atomic E-state index is 5.35. The van der Waals surface area contributed by atoms with E-state index >= 15 is 0 Å². The third-order valence-electron chi connectivity index (χ3n) is 3.40. The first-order chi connectivity index (χ1) is 8.83. The summed E-state index contributed by atoms with van der Waals surface area (Å²) in [5, 5.41) is 7.48. The SMILES string of the molecule is Cc1ccc(-c2nc(C3CCCNC3)no2)cc1. The van der Waals surface area contributed by atoms with Crippen molar-refractivity contribution in [3.8, 4) is 11.5 Å². The molecule has 4 nitrogen and oxygen atoms in total. The summed E-state index contributed by atoms with van der Waals surface area (Å²) >= 11 is 0. The number of nitrogens with zero attached hydrogens (tertiary/aromatic N) is 2. The van der Waals surface area contributed by atoms with Crippen LogP contribution in [0.4, 0.5) is 0 Å². The molecule has 1 atom stereocenters. The fraction of sp³-hybridized carbons (Fsp3) is 0.429. The second kappa shape index (κ2) is 4.90. The van der Waals surface area contributed by atoms with Crippen molar-refractivity contribution in [3.05, 3.63) is 35.7 Å². The first kappa shape index (κ1) is 11.4. The Morgan fingerprint density at radius 1 is 1.28 bits per heavy atom. The highest BCUT2D eigenvalue weighted by Crippen LogP contribution is 2.24. The molecule has 0 radical (unpaired) electrons. The molecule has 2 aromatic rings. The summed E-state index contributed by atoms with van der Waals surface area (Å²) in [7, 11) is 0. The zero-order chi connectivity index (χ0) is 12.4. The van der Waals surface area contributed by atoms with Crippen molar-refractivity contribution in [1.82, 2.24) is 15.5 Å². The Labute approximate surface area is 106 Å². The van der Waals surface area contributed by atoms with Gasteiger partial charge in [-0.2, -0.15) is 4.98 Å². The van der Waals surface area contributed by atoms with Crippen molar-refractivity contribution < 1.29 is 4.52 Å². The fourth-order valence-electron chi connectivity index (χ4n) is 2.29. The lowest BCUT2D eigenvalue weighted by Gasteiger charge is -2.19. The normalized spacial score (nSPS) is 19.9. The second-order valence-corrected chi connectivity index (χ2v) is 4.87. The summed E-state index contributed by atoms with van der Waals surface area (Å²) in [6.45, 7) is 4.11. The Kier molecular flexibility index (Phi) is 3.11. The highest BCUT2D eigenvalue weighted by molar-refractivity contribution is 5.53. The first-order valence-electron chi connectivity index (χ1n) is 6.44. The Bertz CT molecular complexity index is 512. The van der Waals surface area contributed by atoms with E-state index in [1.807, 2.05) is 12.1 Å². The van der Waals surface area contributed by atoms with Gasteiger partial charge in [0.25, 0.3) is 5.89 Å². The predicted molar refractivity (Wildman–Crippen MR) is 69.3 cm³/mol. The van der Waals surface area contributed by atoms with Crippen LogP contribution in [0.3, 0.4) is 0 Å². The van der Waals surface area contributed by atoms with Crippen LogP contribution in [0, 0.1) is 6.92 Å². The second-order valence-electron chi connectivity index (χ2n) is 4.87. The molecule has 0 amide bonds. The van der Waals surface area contributed by atoms with Gasteiger partial charge in [-0.25, -0.2) is 0 Å². The summed E-state index contributed by atoms with van der Waals surface area (Å²) in [6, 6.07) is 8.15. The van der Waals surface area contributed by atoms with Crippen LogP contribution >= 0.6 is 0 Å². The minimum Gasteiger partial charge on any atom is -0.334 e. The highest BCUT2D eigenvalue weighted by Gasteiger charge is 2.20. The van der Waals surface area contributed by atoms with Crippen LogP contribution < -0.4 is 5.32 Å². The fourth-order valence-corrected chi connectivity index (χ4v) is 2.29. The number of hydrogen-bond acceptors (Lipinski definition) is 4. The molecule has 1 aromatic carbocycles. The molecule has 18 heavy (non-hydrogen) atoms. The molecule has 1 N–H and O–H groups in total. The number of nitrogens with one attached hydrogen (secondary N) is 1. The minimum absolute atomic E-state index is 0.390. The van der Waals surface area contributed by atoms with Crippen LogP contribution in [0.15, 0.2) is 28.8 Å². The largest absolute Gasteiger partial charge is 0.334 e. The molecule has 0 bridgehead atoms. The van der Waals surface area contributed by atoms with E-state index in [4.69, 9.17) is 4.52 Å². The molecule has 1 unspecified atom stereocenters. The van der Waals surface area contributed by atoms with Gasteiger partial charge >= 0.3 is 0 Å². The van der Waals surface area contributed by atoms with E-state index in [1.54, 1.807) is 0 Å². The van der Waals surface area contributed by atoms with E-state index in [9.17, 15) is 0 Å². The monoisotopic (exact) mass is 243 g/mol. The Hall–Kier alpha value is -1.68. The average molecular weight is 243 g/mol. The predicted octanol–water partition coefficient (Wildman–Crippen LogP) is 2.51. The van der Waals surface area contributed by atoms with E-state index in [2.05, 4.69) is 34.5 Å². The van der Waals surface area contributed by atoms with Gasteiger partial charge in [-0.15, -0.1) is 0 Å². The number of piperidine rings is 1. The van der Waals surface area contributed by atoms with E-state index in [1.165, 1.54) is 12.0 Å². The lowest BCUT2D eigenvalue weighted by molar-refractivity contribution is 0.393. The van der Waals surface area contributed by atoms with Crippen molar-refractivity contribution in [2.24, 2.45) is 0 Å². The van der Waals surface area contributed by atoms with Crippen LogP contribution in [-0.2, 0) is 0 Å². The van der Waals surface area contributed by atoms with Crippen molar-refractivity contribution >= 4 is 0 Å². The highest BCUT2D eigenvalue weighted by atomic mass is 16.5. The molecule has 0 saturated carbocycles. The topological polar surface area (TPSA) is 51.0 Å². The number of hydrogen-bond donors (Lipinski definition) is 1. The van der Waals surface area contributed by atoms with E-state index in [0.717, 1.165) is 30.9 Å². The van der Waals surface area contributed by atoms with Crippen LogP contribution in [0.5, 0.6) is 0 Å². The molecule has 1 aliphatic heterocycles. The van der Waals surface area contributed by atoms with E-state index < -0.39 is 0 Å². The Morgan fingerprint density at radius 3 is 2.83 bits per heavy atom.